The van der Waals surface area contributed by atoms with Crippen molar-refractivity contribution in [2.75, 3.05) is 31.1 Å². The summed E-state index contributed by atoms with van der Waals surface area (Å²) in [7, 11) is 0. The Morgan fingerprint density at radius 3 is 2.27 bits per heavy atom. The maximum Gasteiger partial charge on any atom is 0.317 e. The molecule has 2 aromatic carbocycles. The maximum atomic E-state index is 12.4. The number of anilines is 1. The van der Waals surface area contributed by atoms with Gasteiger partial charge in [0.2, 0.25) is 0 Å². The van der Waals surface area contributed by atoms with E-state index >= 15 is 0 Å². The van der Waals surface area contributed by atoms with Crippen molar-refractivity contribution in [2.45, 2.75) is 27.3 Å². The molecule has 3 rings (SSSR count). The van der Waals surface area contributed by atoms with Gasteiger partial charge in [-0.1, -0.05) is 36.4 Å². The van der Waals surface area contributed by atoms with Crippen LogP contribution in [0, 0.1) is 20.8 Å². The molecule has 0 radical (unpaired) electrons. The molecule has 2 aromatic rings. The highest BCUT2D eigenvalue weighted by Gasteiger charge is 2.22. The van der Waals surface area contributed by atoms with Crippen LogP contribution in [-0.2, 0) is 6.54 Å². The summed E-state index contributed by atoms with van der Waals surface area (Å²) in [6, 6.07) is 14.6. The molecule has 4 nitrogen and oxygen atoms in total. The highest BCUT2D eigenvalue weighted by Crippen LogP contribution is 2.23. The van der Waals surface area contributed by atoms with Crippen LogP contribution < -0.4 is 10.2 Å². The van der Waals surface area contributed by atoms with Gasteiger partial charge in [0.25, 0.3) is 0 Å². The number of carbonyl (C=O) groups excluding carboxylic acids is 1. The van der Waals surface area contributed by atoms with Gasteiger partial charge in [0.05, 0.1) is 0 Å². The van der Waals surface area contributed by atoms with E-state index in [2.05, 4.69) is 61.3 Å². The van der Waals surface area contributed by atoms with E-state index in [0.29, 0.717) is 6.54 Å². The molecule has 0 saturated carbocycles. The lowest BCUT2D eigenvalue weighted by atomic mass is 10.1. The molecule has 0 bridgehead atoms. The molecule has 5 heteroatoms. The number of nitrogens with one attached hydrogen (secondary N) is 1. The molecule has 1 aliphatic rings. The minimum absolute atomic E-state index is 0. The van der Waals surface area contributed by atoms with E-state index in [0.717, 1.165) is 26.2 Å². The van der Waals surface area contributed by atoms with E-state index in [1.54, 1.807) is 0 Å². The zero-order valence-corrected chi connectivity index (χ0v) is 16.6. The third-order valence-corrected chi connectivity index (χ3v) is 5.17. The Morgan fingerprint density at radius 2 is 1.58 bits per heavy atom. The van der Waals surface area contributed by atoms with Crippen molar-refractivity contribution in [1.82, 2.24) is 10.2 Å². The summed E-state index contributed by atoms with van der Waals surface area (Å²) in [5, 5.41) is 3.05. The molecule has 0 unspecified atom stereocenters. The number of hydrogen-bond acceptors (Lipinski definition) is 2. The predicted molar refractivity (Wildman–Crippen MR) is 110 cm³/mol. The molecule has 1 heterocycles. The quantitative estimate of drug-likeness (QED) is 0.880. The van der Waals surface area contributed by atoms with Gasteiger partial charge >= 0.3 is 6.03 Å². The molecule has 0 aromatic heterocycles. The predicted octanol–water partition coefficient (Wildman–Crippen LogP) is 4.07. The molecule has 140 valence electrons. The zero-order valence-electron chi connectivity index (χ0n) is 15.8. The number of urea groups is 1. The monoisotopic (exact) mass is 373 g/mol. The number of hydrogen-bond donors (Lipinski definition) is 1. The first-order chi connectivity index (χ1) is 12.1. The fraction of sp³-hybridized carbons (Fsp3) is 0.381. The molecular formula is C21H28ClN3O. The number of amides is 2. The highest BCUT2D eigenvalue weighted by atomic mass is 35.5. The van der Waals surface area contributed by atoms with Gasteiger partial charge in [-0.05, 0) is 49.1 Å². The minimum Gasteiger partial charge on any atom is -0.368 e. The Hall–Kier alpha value is -2.20. The molecule has 0 spiro atoms. The van der Waals surface area contributed by atoms with Crippen molar-refractivity contribution in [3.05, 3.63) is 64.7 Å². The Labute approximate surface area is 162 Å². The Bertz CT molecular complexity index is 755. The van der Waals surface area contributed by atoms with E-state index in [-0.39, 0.29) is 18.4 Å². The first-order valence-electron chi connectivity index (χ1n) is 8.94. The fourth-order valence-corrected chi connectivity index (χ4v) is 3.32. The van der Waals surface area contributed by atoms with Crippen LogP contribution in [-0.4, -0.2) is 37.1 Å². The van der Waals surface area contributed by atoms with Crippen LogP contribution in [0.1, 0.15) is 22.3 Å². The van der Waals surface area contributed by atoms with Crippen molar-refractivity contribution in [1.29, 1.82) is 0 Å². The van der Waals surface area contributed by atoms with E-state index in [1.807, 2.05) is 17.0 Å². The topological polar surface area (TPSA) is 35.6 Å². The van der Waals surface area contributed by atoms with E-state index in [1.165, 1.54) is 27.9 Å². The summed E-state index contributed by atoms with van der Waals surface area (Å²) in [4.78, 5) is 16.7. The van der Waals surface area contributed by atoms with E-state index < -0.39 is 0 Å². The first kappa shape index (κ1) is 20.1. The number of piperazine rings is 1. The molecule has 1 saturated heterocycles. The average molecular weight is 374 g/mol. The minimum atomic E-state index is 0. The van der Waals surface area contributed by atoms with Gasteiger partial charge in [-0.25, -0.2) is 4.79 Å². The van der Waals surface area contributed by atoms with Crippen molar-refractivity contribution < 1.29 is 4.79 Å². The second kappa shape index (κ2) is 8.95. The maximum absolute atomic E-state index is 12.4. The van der Waals surface area contributed by atoms with Crippen LogP contribution in [0.2, 0.25) is 0 Å². The third kappa shape index (κ3) is 4.50. The molecular weight excluding hydrogens is 346 g/mol. The number of aryl methyl sites for hydroxylation is 2. The summed E-state index contributed by atoms with van der Waals surface area (Å²) in [5.41, 5.74) is 6.32. The molecule has 0 atom stereocenters. The number of rotatable bonds is 3. The van der Waals surface area contributed by atoms with Crippen LogP contribution in [0.3, 0.4) is 0 Å². The van der Waals surface area contributed by atoms with Crippen molar-refractivity contribution >= 4 is 24.1 Å². The second-order valence-electron chi connectivity index (χ2n) is 6.78. The van der Waals surface area contributed by atoms with Gasteiger partial charge < -0.3 is 15.1 Å². The Kier molecular flexibility index (Phi) is 6.92. The van der Waals surface area contributed by atoms with Crippen LogP contribution >= 0.6 is 12.4 Å². The van der Waals surface area contributed by atoms with Gasteiger partial charge in [0.1, 0.15) is 0 Å². The largest absolute Gasteiger partial charge is 0.368 e. The normalized spacial score (nSPS) is 14.0. The van der Waals surface area contributed by atoms with Crippen LogP contribution in [0.25, 0.3) is 0 Å². The smallest absolute Gasteiger partial charge is 0.317 e. The number of carbonyl (C=O) groups is 1. The summed E-state index contributed by atoms with van der Waals surface area (Å²) in [5.74, 6) is 0. The van der Waals surface area contributed by atoms with E-state index in [4.69, 9.17) is 0 Å². The van der Waals surface area contributed by atoms with Crippen molar-refractivity contribution in [3.8, 4) is 0 Å². The lowest BCUT2D eigenvalue weighted by Gasteiger charge is -2.37. The molecule has 26 heavy (non-hydrogen) atoms. The summed E-state index contributed by atoms with van der Waals surface area (Å²) < 4.78 is 0. The highest BCUT2D eigenvalue weighted by molar-refractivity contribution is 5.85. The number of nitrogens with zero attached hydrogens (tertiary/aromatic N) is 2. The van der Waals surface area contributed by atoms with Gasteiger partial charge in [0.15, 0.2) is 0 Å². The van der Waals surface area contributed by atoms with Gasteiger partial charge in [-0.15, -0.1) is 12.4 Å². The molecule has 0 aliphatic carbocycles. The van der Waals surface area contributed by atoms with Crippen molar-refractivity contribution in [2.24, 2.45) is 0 Å². The summed E-state index contributed by atoms with van der Waals surface area (Å²) in [6.07, 6.45) is 0. The Balaban J connectivity index is 0.00000243. The molecule has 1 aliphatic heterocycles. The third-order valence-electron chi connectivity index (χ3n) is 5.17. The van der Waals surface area contributed by atoms with Crippen LogP contribution in [0.5, 0.6) is 0 Å². The SMILES string of the molecule is Cc1ccccc1CNC(=O)N1CCN(c2cccc(C)c2C)CC1.Cl. The first-order valence-corrected chi connectivity index (χ1v) is 8.94. The van der Waals surface area contributed by atoms with Gasteiger partial charge in [0, 0.05) is 38.4 Å². The van der Waals surface area contributed by atoms with E-state index in [9.17, 15) is 4.79 Å². The number of halogens is 1. The molecule has 1 N–H and O–H groups in total. The average Bonchev–Trinajstić information content (AvgIpc) is 2.63. The molecule has 1 fully saturated rings. The van der Waals surface area contributed by atoms with Gasteiger partial charge in [-0.2, -0.15) is 0 Å². The van der Waals surface area contributed by atoms with Crippen LogP contribution in [0.4, 0.5) is 10.5 Å². The second-order valence-corrected chi connectivity index (χ2v) is 6.78. The molecule has 2 amide bonds. The lowest BCUT2D eigenvalue weighted by molar-refractivity contribution is 0.194. The summed E-state index contributed by atoms with van der Waals surface area (Å²) >= 11 is 0. The Morgan fingerprint density at radius 1 is 0.923 bits per heavy atom. The number of benzene rings is 2. The fourth-order valence-electron chi connectivity index (χ4n) is 3.32. The standard InChI is InChI=1S/C21H27N3O.ClH/c1-16-8-6-10-20(18(16)3)23-11-13-24(14-12-23)21(25)22-15-19-9-5-4-7-17(19)2;/h4-10H,11-15H2,1-3H3,(H,22,25);1H. The lowest BCUT2D eigenvalue weighted by Crippen LogP contribution is -2.51. The van der Waals surface area contributed by atoms with Gasteiger partial charge in [-0.3, -0.25) is 0 Å². The van der Waals surface area contributed by atoms with Crippen molar-refractivity contribution in [3.63, 3.8) is 0 Å². The van der Waals surface area contributed by atoms with Crippen LogP contribution in [0.15, 0.2) is 42.5 Å². The summed E-state index contributed by atoms with van der Waals surface area (Å²) in [6.45, 7) is 10.2. The zero-order chi connectivity index (χ0) is 17.8.